The maximum Gasteiger partial charge on any atom is 0.269 e. The van der Waals surface area contributed by atoms with E-state index in [0.29, 0.717) is 17.3 Å². The summed E-state index contributed by atoms with van der Waals surface area (Å²) in [5, 5.41) is 10.6. The highest BCUT2D eigenvalue weighted by molar-refractivity contribution is 9.10. The lowest BCUT2D eigenvalue weighted by molar-refractivity contribution is 0.0946. The van der Waals surface area contributed by atoms with Gasteiger partial charge in [0.2, 0.25) is 0 Å². The van der Waals surface area contributed by atoms with E-state index in [1.165, 1.54) is 0 Å². The lowest BCUT2D eigenvalue weighted by Gasteiger charge is -2.02. The van der Waals surface area contributed by atoms with Crippen LogP contribution in [-0.4, -0.2) is 21.1 Å². The van der Waals surface area contributed by atoms with Crippen LogP contribution in [0.2, 0.25) is 5.02 Å². The van der Waals surface area contributed by atoms with Crippen LogP contribution < -0.4 is 5.32 Å². The van der Waals surface area contributed by atoms with Gasteiger partial charge in [-0.05, 0) is 24.3 Å². The van der Waals surface area contributed by atoms with E-state index in [9.17, 15) is 4.79 Å². The molecule has 0 saturated carbocycles. The predicted octanol–water partition coefficient (Wildman–Crippen LogP) is 3.24. The first-order valence-corrected chi connectivity index (χ1v) is 7.05. The number of hydrogen-bond acceptors (Lipinski definition) is 2. The number of aromatic amines is 2. The normalized spacial score (nSPS) is 10.9. The number of amides is 1. The van der Waals surface area contributed by atoms with E-state index >= 15 is 0 Å². The summed E-state index contributed by atoms with van der Waals surface area (Å²) < 4.78 is 0.912. The van der Waals surface area contributed by atoms with Crippen molar-refractivity contribution in [1.29, 1.82) is 0 Å². The van der Waals surface area contributed by atoms with Gasteiger partial charge in [-0.15, -0.1) is 0 Å². The second-order valence-electron chi connectivity index (χ2n) is 4.27. The number of fused-ring (bicyclic) bond motifs is 1. The molecule has 7 heteroatoms. The van der Waals surface area contributed by atoms with Gasteiger partial charge in [0.1, 0.15) is 5.69 Å². The summed E-state index contributed by atoms with van der Waals surface area (Å²) in [5.74, 6) is -0.253. The van der Waals surface area contributed by atoms with Crippen molar-refractivity contribution >= 4 is 44.3 Å². The maximum absolute atomic E-state index is 12.1. The molecule has 3 rings (SSSR count). The van der Waals surface area contributed by atoms with Crippen LogP contribution in [0.5, 0.6) is 0 Å². The number of H-pyrrole nitrogens is 2. The molecule has 102 valence electrons. The Morgan fingerprint density at radius 1 is 1.40 bits per heavy atom. The summed E-state index contributed by atoms with van der Waals surface area (Å²) in [5.41, 5.74) is 2.01. The molecule has 0 fully saturated rings. The Kier molecular flexibility index (Phi) is 3.50. The van der Waals surface area contributed by atoms with Crippen LogP contribution >= 0.6 is 27.5 Å². The Morgan fingerprint density at radius 3 is 3.00 bits per heavy atom. The number of nitrogens with zero attached hydrogens (tertiary/aromatic N) is 1. The molecule has 2 heterocycles. The maximum atomic E-state index is 12.1. The zero-order valence-corrected chi connectivity index (χ0v) is 12.5. The van der Waals surface area contributed by atoms with Gasteiger partial charge in [0.15, 0.2) is 0 Å². The number of aromatic nitrogens is 3. The van der Waals surface area contributed by atoms with Crippen molar-refractivity contribution in [3.63, 3.8) is 0 Å². The summed E-state index contributed by atoms with van der Waals surface area (Å²) in [6.45, 7) is 0.369. The van der Waals surface area contributed by atoms with Crippen LogP contribution in [0, 0.1) is 0 Å². The van der Waals surface area contributed by atoms with Crippen molar-refractivity contribution in [1.82, 2.24) is 20.5 Å². The third-order valence-electron chi connectivity index (χ3n) is 2.92. The lowest BCUT2D eigenvalue weighted by atomic mass is 10.2. The standard InChI is InChI=1S/C13H10BrClN4O/c14-7-1-2-10-9(5-7)11(15)12(18-10)13(20)16-6-8-3-4-17-19-8/h1-5,18H,6H2,(H,16,20)(H,17,19). The molecular weight excluding hydrogens is 344 g/mol. The Morgan fingerprint density at radius 2 is 2.25 bits per heavy atom. The largest absolute Gasteiger partial charge is 0.349 e. The van der Waals surface area contributed by atoms with E-state index in [4.69, 9.17) is 11.6 Å². The third kappa shape index (κ3) is 2.44. The smallest absolute Gasteiger partial charge is 0.269 e. The molecule has 5 nitrogen and oxygen atoms in total. The van der Waals surface area contributed by atoms with E-state index in [-0.39, 0.29) is 5.91 Å². The summed E-state index contributed by atoms with van der Waals surface area (Å²) in [7, 11) is 0. The Bertz CT molecular complexity index is 766. The van der Waals surface area contributed by atoms with E-state index in [1.54, 1.807) is 12.3 Å². The highest BCUT2D eigenvalue weighted by atomic mass is 79.9. The SMILES string of the molecule is O=C(NCc1ccn[nH]1)c1[nH]c2ccc(Br)cc2c1Cl. The zero-order chi connectivity index (χ0) is 14.1. The number of carbonyl (C=O) groups is 1. The van der Waals surface area contributed by atoms with Gasteiger partial charge in [-0.25, -0.2) is 0 Å². The molecule has 2 aromatic heterocycles. The first-order chi connectivity index (χ1) is 9.65. The minimum absolute atomic E-state index is 0.253. The Hall–Kier alpha value is -1.79. The van der Waals surface area contributed by atoms with E-state index in [0.717, 1.165) is 21.1 Å². The summed E-state index contributed by atoms with van der Waals surface area (Å²) in [6.07, 6.45) is 1.63. The number of halogens is 2. The third-order valence-corrected chi connectivity index (χ3v) is 3.81. The second kappa shape index (κ2) is 5.30. The summed E-state index contributed by atoms with van der Waals surface area (Å²) >= 11 is 9.64. The molecule has 0 aliphatic rings. The van der Waals surface area contributed by atoms with E-state index < -0.39 is 0 Å². The molecule has 0 saturated heterocycles. The minimum atomic E-state index is -0.253. The van der Waals surface area contributed by atoms with Crippen LogP contribution in [0.25, 0.3) is 10.9 Å². The first-order valence-electron chi connectivity index (χ1n) is 5.88. The number of hydrogen-bond donors (Lipinski definition) is 3. The van der Waals surface area contributed by atoms with Gasteiger partial charge in [0, 0.05) is 21.6 Å². The van der Waals surface area contributed by atoms with Crippen LogP contribution in [0.3, 0.4) is 0 Å². The summed E-state index contributed by atoms with van der Waals surface area (Å²) in [4.78, 5) is 15.2. The van der Waals surface area contributed by atoms with Gasteiger partial charge in [0.25, 0.3) is 5.91 Å². The van der Waals surface area contributed by atoms with E-state index in [2.05, 4.69) is 36.4 Å². The van der Waals surface area contributed by atoms with Crippen LogP contribution in [0.1, 0.15) is 16.2 Å². The number of carbonyl (C=O) groups excluding carboxylic acids is 1. The molecule has 0 atom stereocenters. The summed E-state index contributed by atoms with van der Waals surface area (Å²) in [6, 6.07) is 7.43. The van der Waals surface area contributed by atoms with Crippen molar-refractivity contribution < 1.29 is 4.79 Å². The van der Waals surface area contributed by atoms with Gasteiger partial charge in [-0.3, -0.25) is 9.89 Å². The second-order valence-corrected chi connectivity index (χ2v) is 5.56. The predicted molar refractivity (Wildman–Crippen MR) is 80.8 cm³/mol. The van der Waals surface area contributed by atoms with Gasteiger partial charge >= 0.3 is 0 Å². The molecule has 20 heavy (non-hydrogen) atoms. The molecule has 1 amide bonds. The van der Waals surface area contributed by atoms with Crippen molar-refractivity contribution in [2.45, 2.75) is 6.54 Å². The number of benzene rings is 1. The number of nitrogens with one attached hydrogen (secondary N) is 3. The zero-order valence-electron chi connectivity index (χ0n) is 10.2. The fourth-order valence-electron chi connectivity index (χ4n) is 1.93. The molecule has 1 aromatic carbocycles. The molecule has 0 bridgehead atoms. The molecule has 3 aromatic rings. The molecule has 0 radical (unpaired) electrons. The van der Waals surface area contributed by atoms with Crippen molar-refractivity contribution in [3.05, 3.63) is 51.3 Å². The molecule has 0 unspecified atom stereocenters. The Labute approximate surface area is 127 Å². The highest BCUT2D eigenvalue weighted by Gasteiger charge is 2.16. The molecule has 0 aliphatic heterocycles. The van der Waals surface area contributed by atoms with Crippen LogP contribution in [0.4, 0.5) is 0 Å². The average Bonchev–Trinajstić information content (AvgIpc) is 3.05. The number of rotatable bonds is 3. The fraction of sp³-hybridized carbons (Fsp3) is 0.0769. The molecule has 0 spiro atoms. The highest BCUT2D eigenvalue weighted by Crippen LogP contribution is 2.29. The Balaban J connectivity index is 1.86. The van der Waals surface area contributed by atoms with Crippen molar-refractivity contribution in [2.75, 3.05) is 0 Å². The van der Waals surface area contributed by atoms with Crippen LogP contribution in [0.15, 0.2) is 34.9 Å². The molecular formula is C13H10BrClN4O. The van der Waals surface area contributed by atoms with Crippen LogP contribution in [-0.2, 0) is 6.54 Å². The lowest BCUT2D eigenvalue weighted by Crippen LogP contribution is -2.23. The van der Waals surface area contributed by atoms with Gasteiger partial charge in [-0.2, -0.15) is 5.10 Å². The van der Waals surface area contributed by atoms with Gasteiger partial charge in [-0.1, -0.05) is 27.5 Å². The quantitative estimate of drug-likeness (QED) is 0.676. The first kappa shape index (κ1) is 13.2. The van der Waals surface area contributed by atoms with Gasteiger partial charge in [0.05, 0.1) is 17.3 Å². The van der Waals surface area contributed by atoms with Gasteiger partial charge < -0.3 is 10.3 Å². The van der Waals surface area contributed by atoms with E-state index in [1.807, 2.05) is 18.2 Å². The van der Waals surface area contributed by atoms with Crippen molar-refractivity contribution in [3.8, 4) is 0 Å². The topological polar surface area (TPSA) is 73.6 Å². The molecule has 0 aliphatic carbocycles. The minimum Gasteiger partial charge on any atom is -0.349 e. The van der Waals surface area contributed by atoms with Crippen molar-refractivity contribution in [2.24, 2.45) is 0 Å². The molecule has 3 N–H and O–H groups in total. The average molecular weight is 354 g/mol. The monoisotopic (exact) mass is 352 g/mol. The fourth-order valence-corrected chi connectivity index (χ4v) is 2.59.